The minimum absolute atomic E-state index is 0.215. The average Bonchev–Trinajstić information content (AvgIpc) is 3.52. The van der Waals surface area contributed by atoms with E-state index in [1.165, 1.54) is 14.2 Å². The first-order valence-corrected chi connectivity index (χ1v) is 13.7. The molecule has 1 spiro atoms. The first-order valence-electron chi connectivity index (χ1n) is 13.7. The van der Waals surface area contributed by atoms with E-state index in [4.69, 9.17) is 9.47 Å². The van der Waals surface area contributed by atoms with Crippen LogP contribution >= 0.6 is 0 Å². The number of amides is 1. The van der Waals surface area contributed by atoms with Crippen LogP contribution < -0.4 is 14.8 Å². The minimum Gasteiger partial charge on any atom is -0.497 e. The lowest BCUT2D eigenvalue weighted by molar-refractivity contribution is -0.122. The molecule has 1 aromatic heterocycles. The fourth-order valence-corrected chi connectivity index (χ4v) is 7.00. The molecular weight excluding hydrogens is 530 g/mol. The van der Waals surface area contributed by atoms with Crippen LogP contribution in [0, 0.1) is 5.92 Å². The number of Topliss-reactive ketones (excluding diaryl/α,β-unsaturated/α-hetero) is 2. The van der Waals surface area contributed by atoms with Crippen molar-refractivity contribution in [1.29, 1.82) is 0 Å². The average molecular weight is 558 g/mol. The molecule has 0 saturated carbocycles. The Bertz CT molecular complexity index is 1790. The molecule has 0 aliphatic carbocycles. The number of nitrogens with zero attached hydrogens (tertiary/aromatic N) is 2. The van der Waals surface area contributed by atoms with Crippen molar-refractivity contribution in [2.24, 2.45) is 5.92 Å². The Morgan fingerprint density at radius 2 is 1.69 bits per heavy atom. The van der Waals surface area contributed by atoms with Gasteiger partial charge in [-0.25, -0.2) is 0 Å². The molecule has 42 heavy (non-hydrogen) atoms. The molecule has 7 rings (SSSR count). The van der Waals surface area contributed by atoms with Gasteiger partial charge in [-0.2, -0.15) is 0 Å². The minimum atomic E-state index is -1.45. The molecule has 0 bridgehead atoms. The molecule has 8 nitrogen and oxygen atoms in total. The van der Waals surface area contributed by atoms with Crippen LogP contribution in [0.5, 0.6) is 11.5 Å². The van der Waals surface area contributed by atoms with Gasteiger partial charge in [0.05, 0.1) is 31.7 Å². The van der Waals surface area contributed by atoms with E-state index >= 15 is 4.79 Å². The van der Waals surface area contributed by atoms with E-state index in [2.05, 4.69) is 10.3 Å². The van der Waals surface area contributed by atoms with Crippen molar-refractivity contribution in [3.05, 3.63) is 125 Å². The Morgan fingerprint density at radius 1 is 0.905 bits per heavy atom. The van der Waals surface area contributed by atoms with E-state index in [1.54, 1.807) is 42.6 Å². The van der Waals surface area contributed by atoms with Gasteiger partial charge in [0.15, 0.2) is 5.78 Å². The summed E-state index contributed by atoms with van der Waals surface area (Å²) < 4.78 is 11.1. The van der Waals surface area contributed by atoms with Crippen molar-refractivity contribution in [3.63, 3.8) is 0 Å². The van der Waals surface area contributed by atoms with E-state index in [0.717, 1.165) is 11.1 Å². The lowest BCUT2D eigenvalue weighted by Crippen LogP contribution is -2.49. The Morgan fingerprint density at radius 3 is 2.48 bits per heavy atom. The lowest BCUT2D eigenvalue weighted by Gasteiger charge is -2.38. The molecule has 1 amide bonds. The van der Waals surface area contributed by atoms with Crippen molar-refractivity contribution in [2.75, 3.05) is 19.5 Å². The number of nitrogens with one attached hydrogen (secondary N) is 1. The summed E-state index contributed by atoms with van der Waals surface area (Å²) in [5.41, 5.74) is 2.08. The Hall–Kier alpha value is -5.24. The van der Waals surface area contributed by atoms with Gasteiger partial charge < -0.3 is 19.7 Å². The molecule has 8 heteroatoms. The number of hydrogen-bond donors (Lipinski definition) is 1. The molecule has 1 saturated heterocycles. The van der Waals surface area contributed by atoms with Gasteiger partial charge in [0.1, 0.15) is 28.6 Å². The monoisotopic (exact) mass is 557 g/mol. The standard InChI is InChI=1S/C34H27N3O5/c1-41-21-14-15-27(42-2)23(19-21)30(38)28-29(31(39)26-13-7-8-17-35-26)37-18-16-20-9-3-4-10-22(20)32(37)34(28)24-11-5-6-12-25(24)36-33(34)40/h3-19,28-29,32H,1-2H3,(H,36,40)/t28-,29-,32-,34-/m1/s1. The quantitative estimate of drug-likeness (QED) is 0.330. The number of ketones is 2. The smallest absolute Gasteiger partial charge is 0.238 e. The summed E-state index contributed by atoms with van der Waals surface area (Å²) in [5.74, 6) is -1.44. The third-order valence-electron chi connectivity index (χ3n) is 8.71. The van der Waals surface area contributed by atoms with Crippen LogP contribution in [-0.4, -0.2) is 47.6 Å². The van der Waals surface area contributed by atoms with Gasteiger partial charge in [0.2, 0.25) is 11.7 Å². The summed E-state index contributed by atoms with van der Waals surface area (Å²) >= 11 is 0. The van der Waals surface area contributed by atoms with Gasteiger partial charge in [0, 0.05) is 18.1 Å². The number of carbonyl (C=O) groups excluding carboxylic acids is 3. The number of benzene rings is 3. The fraction of sp³-hybridized carbons (Fsp3) is 0.176. The molecule has 208 valence electrons. The zero-order valence-corrected chi connectivity index (χ0v) is 23.0. The summed E-state index contributed by atoms with van der Waals surface area (Å²) in [6.45, 7) is 0. The molecule has 1 fully saturated rings. The van der Waals surface area contributed by atoms with Crippen molar-refractivity contribution in [3.8, 4) is 11.5 Å². The second kappa shape index (κ2) is 9.69. The SMILES string of the molecule is COc1ccc(OC)c(C(=O)[C@H]2[C@H](C(=O)c3ccccn3)N3C=Cc4ccccc4[C@@H]3[C@]23C(=O)Nc2ccccc23)c1. The van der Waals surface area contributed by atoms with E-state index in [9.17, 15) is 9.59 Å². The molecule has 0 radical (unpaired) electrons. The number of fused-ring (bicyclic) bond motifs is 6. The second-order valence-corrected chi connectivity index (χ2v) is 10.6. The fourth-order valence-electron chi connectivity index (χ4n) is 7.00. The van der Waals surface area contributed by atoms with Crippen molar-refractivity contribution >= 4 is 29.2 Å². The number of rotatable bonds is 6. The van der Waals surface area contributed by atoms with Crippen LogP contribution in [0.4, 0.5) is 5.69 Å². The molecule has 3 aliphatic rings. The van der Waals surface area contributed by atoms with Crippen molar-refractivity contribution in [2.45, 2.75) is 17.5 Å². The normalized spacial score (nSPS) is 23.1. The van der Waals surface area contributed by atoms with E-state index in [-0.39, 0.29) is 22.9 Å². The number of hydrogen-bond acceptors (Lipinski definition) is 7. The van der Waals surface area contributed by atoms with E-state index < -0.39 is 29.2 Å². The predicted octanol–water partition coefficient (Wildman–Crippen LogP) is 5.08. The third-order valence-corrected chi connectivity index (χ3v) is 8.71. The number of para-hydroxylation sites is 1. The maximum absolute atomic E-state index is 15.1. The van der Waals surface area contributed by atoms with E-state index in [0.29, 0.717) is 22.7 Å². The summed E-state index contributed by atoms with van der Waals surface area (Å²) in [4.78, 5) is 50.4. The molecule has 3 aliphatic heterocycles. The second-order valence-electron chi connectivity index (χ2n) is 10.6. The molecule has 4 aromatic rings. The number of pyridine rings is 1. The largest absolute Gasteiger partial charge is 0.497 e. The lowest BCUT2D eigenvalue weighted by atomic mass is 9.62. The zero-order valence-electron chi connectivity index (χ0n) is 23.0. The van der Waals surface area contributed by atoms with Gasteiger partial charge >= 0.3 is 0 Å². The highest BCUT2D eigenvalue weighted by molar-refractivity contribution is 6.17. The third kappa shape index (κ3) is 3.48. The Labute approximate surface area is 242 Å². The van der Waals surface area contributed by atoms with Gasteiger partial charge in [-0.15, -0.1) is 0 Å². The van der Waals surface area contributed by atoms with Crippen LogP contribution in [0.2, 0.25) is 0 Å². The van der Waals surface area contributed by atoms with Crippen LogP contribution in [0.15, 0.2) is 97.3 Å². The number of methoxy groups -OCH3 is 2. The Kier molecular flexibility index (Phi) is 5.93. The van der Waals surface area contributed by atoms with Gasteiger partial charge in [0.25, 0.3) is 0 Å². The maximum atomic E-state index is 15.1. The highest BCUT2D eigenvalue weighted by Gasteiger charge is 2.71. The summed E-state index contributed by atoms with van der Waals surface area (Å²) in [6.07, 6.45) is 5.32. The van der Waals surface area contributed by atoms with Crippen molar-refractivity contribution in [1.82, 2.24) is 9.88 Å². The van der Waals surface area contributed by atoms with Crippen LogP contribution in [0.25, 0.3) is 6.08 Å². The topological polar surface area (TPSA) is 97.8 Å². The number of anilines is 1. The van der Waals surface area contributed by atoms with Gasteiger partial charge in [-0.1, -0.05) is 48.5 Å². The van der Waals surface area contributed by atoms with Gasteiger partial charge in [-0.3, -0.25) is 19.4 Å². The summed E-state index contributed by atoms with van der Waals surface area (Å²) in [6, 6.07) is 23.6. The van der Waals surface area contributed by atoms with Crippen LogP contribution in [-0.2, 0) is 10.2 Å². The first kappa shape index (κ1) is 25.7. The van der Waals surface area contributed by atoms with Crippen LogP contribution in [0.3, 0.4) is 0 Å². The summed E-state index contributed by atoms with van der Waals surface area (Å²) in [7, 11) is 3.00. The Balaban J connectivity index is 1.55. The van der Waals surface area contributed by atoms with Gasteiger partial charge in [-0.05, 0) is 59.2 Å². The molecule has 1 N–H and O–H groups in total. The predicted molar refractivity (Wildman–Crippen MR) is 157 cm³/mol. The zero-order chi connectivity index (χ0) is 29.0. The number of carbonyl (C=O) groups is 3. The number of aromatic nitrogens is 1. The highest BCUT2D eigenvalue weighted by Crippen LogP contribution is 2.62. The van der Waals surface area contributed by atoms with E-state index in [1.807, 2.05) is 65.7 Å². The van der Waals surface area contributed by atoms with Crippen molar-refractivity contribution < 1.29 is 23.9 Å². The highest BCUT2D eigenvalue weighted by atomic mass is 16.5. The molecule has 4 heterocycles. The molecule has 0 unspecified atom stereocenters. The number of ether oxygens (including phenoxy) is 2. The maximum Gasteiger partial charge on any atom is 0.238 e. The molecule has 4 atom stereocenters. The van der Waals surface area contributed by atoms with Crippen LogP contribution in [0.1, 0.15) is 43.6 Å². The molecular formula is C34H27N3O5. The first-order chi connectivity index (χ1) is 20.5. The summed E-state index contributed by atoms with van der Waals surface area (Å²) in [5, 5.41) is 3.06. The molecule has 3 aromatic carbocycles.